The third-order valence-corrected chi connectivity index (χ3v) is 3.61. The van der Waals surface area contributed by atoms with Crippen LogP contribution in [0.3, 0.4) is 0 Å². The number of aryl methyl sites for hydroxylation is 2. The van der Waals surface area contributed by atoms with Crippen LogP contribution in [0.25, 0.3) is 0 Å². The highest BCUT2D eigenvalue weighted by Crippen LogP contribution is 2.27. The number of hydrogen-bond acceptors (Lipinski definition) is 3. The maximum Gasteiger partial charge on any atom is 0.116 e. The van der Waals surface area contributed by atoms with Crippen molar-refractivity contribution < 1.29 is 10.2 Å². The highest BCUT2D eigenvalue weighted by Gasteiger charge is 2.21. The molecular weight excluding hydrogens is 286 g/mol. The van der Waals surface area contributed by atoms with Gasteiger partial charge in [-0.1, -0.05) is 30.3 Å². The van der Waals surface area contributed by atoms with Crippen LogP contribution >= 0.6 is 12.4 Å². The molecule has 0 aliphatic rings. The predicted molar refractivity (Wildman–Crippen MR) is 87.9 cm³/mol. The smallest absolute Gasteiger partial charge is 0.116 e. The van der Waals surface area contributed by atoms with Gasteiger partial charge < -0.3 is 15.9 Å². The number of aromatic hydroxyl groups is 1. The first kappa shape index (κ1) is 17.5. The summed E-state index contributed by atoms with van der Waals surface area (Å²) >= 11 is 0. The number of halogens is 1. The Morgan fingerprint density at radius 3 is 2.10 bits per heavy atom. The zero-order chi connectivity index (χ0) is 14.7. The Balaban J connectivity index is 0.00000220. The molecule has 0 bridgehead atoms. The summed E-state index contributed by atoms with van der Waals surface area (Å²) in [4.78, 5) is 0. The van der Waals surface area contributed by atoms with Crippen molar-refractivity contribution in [3.05, 3.63) is 64.7 Å². The van der Waals surface area contributed by atoms with E-state index < -0.39 is 12.1 Å². The third kappa shape index (κ3) is 4.21. The van der Waals surface area contributed by atoms with Crippen molar-refractivity contribution in [1.82, 2.24) is 0 Å². The summed E-state index contributed by atoms with van der Waals surface area (Å²) in [6, 6.07) is 12.7. The molecule has 21 heavy (non-hydrogen) atoms. The van der Waals surface area contributed by atoms with Crippen LogP contribution in [0.1, 0.15) is 28.3 Å². The molecule has 0 amide bonds. The molecule has 3 nitrogen and oxygen atoms in total. The quantitative estimate of drug-likeness (QED) is 0.813. The summed E-state index contributed by atoms with van der Waals surface area (Å²) in [5, 5.41) is 19.9. The molecule has 0 unspecified atom stereocenters. The van der Waals surface area contributed by atoms with Gasteiger partial charge in [0.05, 0.1) is 12.1 Å². The van der Waals surface area contributed by atoms with Gasteiger partial charge in [-0.3, -0.25) is 0 Å². The second-order valence-electron chi connectivity index (χ2n) is 5.28. The number of rotatable bonds is 4. The average Bonchev–Trinajstić information content (AvgIpc) is 2.38. The maximum atomic E-state index is 10.4. The van der Waals surface area contributed by atoms with Crippen LogP contribution in [0, 0.1) is 13.8 Å². The number of nitrogens with two attached hydrogens (primary N) is 1. The molecule has 2 atom stereocenters. The lowest BCUT2D eigenvalue weighted by Crippen LogP contribution is -2.29. The van der Waals surface area contributed by atoms with Crippen LogP contribution in [0.15, 0.2) is 42.5 Å². The Hall–Kier alpha value is -1.55. The van der Waals surface area contributed by atoms with Crippen LogP contribution in [0.2, 0.25) is 0 Å². The summed E-state index contributed by atoms with van der Waals surface area (Å²) in [5.41, 5.74) is 9.98. The van der Waals surface area contributed by atoms with Crippen LogP contribution in [-0.4, -0.2) is 16.3 Å². The molecular formula is C17H22ClNO2. The first-order valence-corrected chi connectivity index (χ1v) is 6.76. The summed E-state index contributed by atoms with van der Waals surface area (Å²) in [6.45, 7) is 3.80. The van der Waals surface area contributed by atoms with Gasteiger partial charge in [0.1, 0.15) is 5.75 Å². The number of phenolic OH excluding ortho intramolecular Hbond substituents is 1. The maximum absolute atomic E-state index is 10.4. The first-order valence-electron chi connectivity index (χ1n) is 6.76. The van der Waals surface area contributed by atoms with Gasteiger partial charge in [0.15, 0.2) is 0 Å². The molecule has 4 heteroatoms. The summed E-state index contributed by atoms with van der Waals surface area (Å²) in [7, 11) is 0. The van der Waals surface area contributed by atoms with Crippen molar-refractivity contribution in [1.29, 1.82) is 0 Å². The summed E-state index contributed by atoms with van der Waals surface area (Å²) in [5.74, 6) is 0.230. The fraction of sp³-hybridized carbons (Fsp3) is 0.294. The van der Waals surface area contributed by atoms with Gasteiger partial charge in [-0.25, -0.2) is 0 Å². The normalized spacial score (nSPS) is 13.3. The van der Waals surface area contributed by atoms with E-state index in [9.17, 15) is 10.2 Å². The average molecular weight is 308 g/mol. The topological polar surface area (TPSA) is 66.5 Å². The van der Waals surface area contributed by atoms with Gasteiger partial charge in [-0.2, -0.15) is 0 Å². The minimum atomic E-state index is -0.653. The van der Waals surface area contributed by atoms with E-state index >= 15 is 0 Å². The van der Waals surface area contributed by atoms with E-state index in [-0.39, 0.29) is 18.2 Å². The Morgan fingerprint density at radius 2 is 1.57 bits per heavy atom. The Kier molecular flexibility index (Phi) is 6.21. The molecule has 2 rings (SSSR count). The fourth-order valence-corrected chi connectivity index (χ4v) is 2.65. The zero-order valence-corrected chi connectivity index (χ0v) is 13.1. The van der Waals surface area contributed by atoms with Gasteiger partial charge >= 0.3 is 0 Å². The van der Waals surface area contributed by atoms with Gasteiger partial charge in [0.25, 0.3) is 0 Å². The molecule has 4 N–H and O–H groups in total. The third-order valence-electron chi connectivity index (χ3n) is 3.61. The SMILES string of the molecule is Cc1cc(O)cc(C)c1[C@@H](N)[C@@H](O)Cc1ccccc1.Cl. The second-order valence-corrected chi connectivity index (χ2v) is 5.28. The molecule has 0 spiro atoms. The minimum absolute atomic E-state index is 0. The molecule has 0 aromatic heterocycles. The Bertz CT molecular complexity index is 564. The van der Waals surface area contributed by atoms with Crippen molar-refractivity contribution in [3.8, 4) is 5.75 Å². The lowest BCUT2D eigenvalue weighted by atomic mass is 9.90. The van der Waals surface area contributed by atoms with E-state index in [1.54, 1.807) is 12.1 Å². The molecule has 0 saturated heterocycles. The van der Waals surface area contributed by atoms with Crippen LogP contribution < -0.4 is 5.73 Å². The molecule has 114 valence electrons. The van der Waals surface area contributed by atoms with E-state index in [4.69, 9.17) is 5.73 Å². The first-order chi connectivity index (χ1) is 9.49. The number of hydrogen-bond donors (Lipinski definition) is 3. The monoisotopic (exact) mass is 307 g/mol. The molecule has 2 aromatic rings. The predicted octanol–water partition coefficient (Wildman–Crippen LogP) is 3.03. The number of phenols is 1. The standard InChI is InChI=1S/C17H21NO2.ClH/c1-11-8-14(19)9-12(2)16(11)17(18)15(20)10-13-6-4-3-5-7-13;/h3-9,15,17,19-20H,10,18H2,1-2H3;1H/t15-,17-;/m0./s1. The molecule has 0 radical (unpaired) electrons. The van der Waals surface area contributed by atoms with Gasteiger partial charge in [0, 0.05) is 6.42 Å². The number of benzene rings is 2. The van der Waals surface area contributed by atoms with Gasteiger partial charge in [-0.05, 0) is 48.2 Å². The van der Waals surface area contributed by atoms with E-state index in [2.05, 4.69) is 0 Å². The van der Waals surface area contributed by atoms with E-state index in [0.717, 1.165) is 22.3 Å². The van der Waals surface area contributed by atoms with Crippen LogP contribution in [0.4, 0.5) is 0 Å². The molecule has 0 aliphatic carbocycles. The van der Waals surface area contributed by atoms with Crippen LogP contribution in [-0.2, 0) is 6.42 Å². The molecule has 0 saturated carbocycles. The van der Waals surface area contributed by atoms with Crippen molar-refractivity contribution in [3.63, 3.8) is 0 Å². The van der Waals surface area contributed by atoms with Crippen molar-refractivity contribution in [2.24, 2.45) is 5.73 Å². The number of aliphatic hydroxyl groups excluding tert-OH is 1. The fourth-order valence-electron chi connectivity index (χ4n) is 2.65. The molecule has 0 aliphatic heterocycles. The molecule has 2 aromatic carbocycles. The Labute approximate surface area is 131 Å². The van der Waals surface area contributed by atoms with E-state index in [1.807, 2.05) is 44.2 Å². The van der Waals surface area contributed by atoms with Crippen molar-refractivity contribution in [2.45, 2.75) is 32.4 Å². The Morgan fingerprint density at radius 1 is 1.05 bits per heavy atom. The molecule has 0 fully saturated rings. The zero-order valence-electron chi connectivity index (χ0n) is 12.3. The van der Waals surface area contributed by atoms with Gasteiger partial charge in [0.2, 0.25) is 0 Å². The number of aliphatic hydroxyl groups is 1. The second kappa shape index (κ2) is 7.46. The largest absolute Gasteiger partial charge is 0.508 e. The summed E-state index contributed by atoms with van der Waals surface area (Å²) < 4.78 is 0. The highest BCUT2D eigenvalue weighted by atomic mass is 35.5. The van der Waals surface area contributed by atoms with Crippen molar-refractivity contribution in [2.75, 3.05) is 0 Å². The van der Waals surface area contributed by atoms with Crippen molar-refractivity contribution >= 4 is 12.4 Å². The highest BCUT2D eigenvalue weighted by molar-refractivity contribution is 5.85. The van der Waals surface area contributed by atoms with Crippen LogP contribution in [0.5, 0.6) is 5.75 Å². The lowest BCUT2D eigenvalue weighted by Gasteiger charge is -2.23. The lowest BCUT2D eigenvalue weighted by molar-refractivity contribution is 0.144. The van der Waals surface area contributed by atoms with E-state index in [1.165, 1.54) is 0 Å². The molecule has 0 heterocycles. The van der Waals surface area contributed by atoms with E-state index in [0.29, 0.717) is 6.42 Å². The summed E-state index contributed by atoms with van der Waals surface area (Å²) in [6.07, 6.45) is -0.138. The van der Waals surface area contributed by atoms with Gasteiger partial charge in [-0.15, -0.1) is 12.4 Å². The minimum Gasteiger partial charge on any atom is -0.508 e.